The van der Waals surface area contributed by atoms with Crippen molar-refractivity contribution in [1.29, 1.82) is 0 Å². The van der Waals surface area contributed by atoms with E-state index in [1.807, 2.05) is 23.9 Å². The maximum Gasteiger partial charge on any atom is 0.255 e. The number of hydrogen-bond donors (Lipinski definition) is 0. The van der Waals surface area contributed by atoms with Crippen molar-refractivity contribution in [1.82, 2.24) is 25.1 Å². The molecule has 1 aliphatic rings. The van der Waals surface area contributed by atoms with E-state index in [0.717, 1.165) is 29.9 Å². The van der Waals surface area contributed by atoms with E-state index in [-0.39, 0.29) is 5.91 Å². The second-order valence-electron chi connectivity index (χ2n) is 5.44. The minimum Gasteiger partial charge on any atom is -0.362 e. The molecule has 0 bridgehead atoms. The van der Waals surface area contributed by atoms with Gasteiger partial charge in [-0.25, -0.2) is 9.97 Å². The Bertz CT molecular complexity index is 673. The fourth-order valence-corrected chi connectivity index (χ4v) is 2.70. The van der Waals surface area contributed by atoms with E-state index in [0.29, 0.717) is 18.7 Å². The highest BCUT2D eigenvalue weighted by Crippen LogP contribution is 2.22. The number of nitrogens with zero attached hydrogens (tertiary/aromatic N) is 6. The summed E-state index contributed by atoms with van der Waals surface area (Å²) in [6.07, 6.45) is 6.14. The topological polar surface area (TPSA) is 75.1 Å². The molecule has 0 saturated carbocycles. The summed E-state index contributed by atoms with van der Waals surface area (Å²) < 4.78 is 0. The van der Waals surface area contributed by atoms with E-state index in [1.54, 1.807) is 12.4 Å². The first kappa shape index (κ1) is 14.4. The number of hydrogen-bond acceptors (Lipinski definition) is 6. The Labute approximate surface area is 129 Å². The second kappa shape index (κ2) is 6.05. The van der Waals surface area contributed by atoms with Gasteiger partial charge in [-0.2, -0.15) is 10.2 Å². The SMILES string of the molecule is CN(C)c1ncnc2c1CCN(C(=O)c1ccnnc1)CC2. The molecular weight excluding hydrogens is 280 g/mol. The molecule has 7 nitrogen and oxygen atoms in total. The molecule has 2 aromatic rings. The van der Waals surface area contributed by atoms with Crippen LogP contribution in [-0.2, 0) is 12.8 Å². The van der Waals surface area contributed by atoms with Crippen LogP contribution in [0.2, 0.25) is 0 Å². The van der Waals surface area contributed by atoms with E-state index in [2.05, 4.69) is 20.2 Å². The number of carbonyl (C=O) groups excluding carboxylic acids is 1. The molecule has 114 valence electrons. The van der Waals surface area contributed by atoms with Crippen LogP contribution < -0.4 is 4.90 Å². The predicted molar refractivity (Wildman–Crippen MR) is 81.7 cm³/mol. The van der Waals surface area contributed by atoms with E-state index in [4.69, 9.17) is 0 Å². The van der Waals surface area contributed by atoms with Crippen molar-refractivity contribution in [3.8, 4) is 0 Å². The molecule has 0 saturated heterocycles. The van der Waals surface area contributed by atoms with Crippen LogP contribution in [0, 0.1) is 0 Å². The lowest BCUT2D eigenvalue weighted by molar-refractivity contribution is 0.0762. The van der Waals surface area contributed by atoms with Crippen molar-refractivity contribution < 1.29 is 4.79 Å². The van der Waals surface area contributed by atoms with Gasteiger partial charge in [0, 0.05) is 39.2 Å². The standard InChI is InChI=1S/C15H18N6O/c1-20(2)14-12-4-7-21(8-5-13(12)16-10-17-14)15(22)11-3-6-18-19-9-11/h3,6,9-10H,4-5,7-8H2,1-2H3. The van der Waals surface area contributed by atoms with Gasteiger partial charge in [0.2, 0.25) is 0 Å². The molecular formula is C15H18N6O. The maximum absolute atomic E-state index is 12.5. The molecule has 3 rings (SSSR count). The van der Waals surface area contributed by atoms with Gasteiger partial charge in [0.1, 0.15) is 12.1 Å². The summed E-state index contributed by atoms with van der Waals surface area (Å²) >= 11 is 0. The third-order valence-electron chi connectivity index (χ3n) is 3.80. The Morgan fingerprint density at radius 2 is 2.00 bits per heavy atom. The van der Waals surface area contributed by atoms with Gasteiger partial charge in [-0.05, 0) is 12.5 Å². The molecule has 22 heavy (non-hydrogen) atoms. The molecule has 0 fully saturated rings. The number of anilines is 1. The molecule has 3 heterocycles. The summed E-state index contributed by atoms with van der Waals surface area (Å²) in [4.78, 5) is 25.1. The van der Waals surface area contributed by atoms with Crippen LogP contribution in [0.4, 0.5) is 5.82 Å². The number of aromatic nitrogens is 4. The summed E-state index contributed by atoms with van der Waals surface area (Å²) in [7, 11) is 3.94. The fraction of sp³-hybridized carbons (Fsp3) is 0.400. The molecule has 0 spiro atoms. The Hall–Kier alpha value is -2.57. The van der Waals surface area contributed by atoms with E-state index >= 15 is 0 Å². The zero-order valence-electron chi connectivity index (χ0n) is 12.7. The molecule has 1 amide bonds. The Balaban J connectivity index is 1.82. The third-order valence-corrected chi connectivity index (χ3v) is 3.80. The van der Waals surface area contributed by atoms with Crippen molar-refractivity contribution in [2.24, 2.45) is 0 Å². The average molecular weight is 298 g/mol. The van der Waals surface area contributed by atoms with Gasteiger partial charge < -0.3 is 9.80 Å². The minimum atomic E-state index is -0.0120. The first-order valence-electron chi connectivity index (χ1n) is 7.23. The minimum absolute atomic E-state index is 0.0120. The molecule has 0 radical (unpaired) electrons. The molecule has 0 aromatic carbocycles. The van der Waals surface area contributed by atoms with Crippen LogP contribution in [0.5, 0.6) is 0 Å². The monoisotopic (exact) mass is 298 g/mol. The normalized spacial score (nSPS) is 14.2. The lowest BCUT2D eigenvalue weighted by Gasteiger charge is -2.20. The molecule has 0 N–H and O–H groups in total. The van der Waals surface area contributed by atoms with E-state index in [9.17, 15) is 4.79 Å². The number of fused-ring (bicyclic) bond motifs is 1. The Kier molecular flexibility index (Phi) is 3.95. The van der Waals surface area contributed by atoms with Gasteiger partial charge in [0.25, 0.3) is 5.91 Å². The van der Waals surface area contributed by atoms with Gasteiger partial charge in [0.05, 0.1) is 23.7 Å². The second-order valence-corrected chi connectivity index (χ2v) is 5.44. The van der Waals surface area contributed by atoms with Gasteiger partial charge in [-0.3, -0.25) is 4.79 Å². The van der Waals surface area contributed by atoms with Crippen LogP contribution in [0.3, 0.4) is 0 Å². The first-order chi connectivity index (χ1) is 10.7. The molecule has 0 unspecified atom stereocenters. The molecule has 2 aromatic heterocycles. The molecule has 0 atom stereocenters. The quantitative estimate of drug-likeness (QED) is 0.807. The molecule has 7 heteroatoms. The van der Waals surface area contributed by atoms with Crippen molar-refractivity contribution in [2.75, 3.05) is 32.1 Å². The Morgan fingerprint density at radius 1 is 1.18 bits per heavy atom. The van der Waals surface area contributed by atoms with Crippen molar-refractivity contribution in [3.63, 3.8) is 0 Å². The summed E-state index contributed by atoms with van der Waals surface area (Å²) in [5, 5.41) is 7.48. The van der Waals surface area contributed by atoms with Crippen molar-refractivity contribution >= 4 is 11.7 Å². The van der Waals surface area contributed by atoms with Crippen LogP contribution in [-0.4, -0.2) is 58.2 Å². The van der Waals surface area contributed by atoms with Crippen molar-refractivity contribution in [3.05, 3.63) is 41.6 Å². The van der Waals surface area contributed by atoms with Gasteiger partial charge in [0.15, 0.2) is 0 Å². The van der Waals surface area contributed by atoms with Gasteiger partial charge >= 0.3 is 0 Å². The summed E-state index contributed by atoms with van der Waals surface area (Å²) in [5.74, 6) is 0.923. The highest BCUT2D eigenvalue weighted by molar-refractivity contribution is 5.93. The van der Waals surface area contributed by atoms with Crippen molar-refractivity contribution in [2.45, 2.75) is 12.8 Å². The zero-order chi connectivity index (χ0) is 15.5. The predicted octanol–water partition coefficient (Wildman–Crippen LogP) is 0.574. The average Bonchev–Trinajstić information content (AvgIpc) is 2.77. The highest BCUT2D eigenvalue weighted by atomic mass is 16.2. The summed E-state index contributed by atoms with van der Waals surface area (Å²) in [5.41, 5.74) is 2.73. The smallest absolute Gasteiger partial charge is 0.255 e. The summed E-state index contributed by atoms with van der Waals surface area (Å²) in [6.45, 7) is 1.31. The maximum atomic E-state index is 12.5. The largest absolute Gasteiger partial charge is 0.362 e. The van der Waals surface area contributed by atoms with Crippen LogP contribution in [0.25, 0.3) is 0 Å². The highest BCUT2D eigenvalue weighted by Gasteiger charge is 2.23. The number of amides is 1. The van der Waals surface area contributed by atoms with Crippen LogP contribution in [0.1, 0.15) is 21.6 Å². The number of carbonyl (C=O) groups is 1. The van der Waals surface area contributed by atoms with Gasteiger partial charge in [-0.15, -0.1) is 0 Å². The third kappa shape index (κ3) is 2.74. The first-order valence-corrected chi connectivity index (χ1v) is 7.23. The zero-order valence-corrected chi connectivity index (χ0v) is 12.7. The number of rotatable bonds is 2. The fourth-order valence-electron chi connectivity index (χ4n) is 2.70. The van der Waals surface area contributed by atoms with Crippen LogP contribution in [0.15, 0.2) is 24.8 Å². The van der Waals surface area contributed by atoms with E-state index in [1.165, 1.54) is 12.4 Å². The lowest BCUT2D eigenvalue weighted by atomic mass is 10.1. The molecule has 1 aliphatic heterocycles. The Morgan fingerprint density at radius 3 is 2.73 bits per heavy atom. The molecule has 0 aliphatic carbocycles. The van der Waals surface area contributed by atoms with Crippen LogP contribution >= 0.6 is 0 Å². The lowest BCUT2D eigenvalue weighted by Crippen LogP contribution is -2.33. The van der Waals surface area contributed by atoms with Gasteiger partial charge in [-0.1, -0.05) is 0 Å². The van der Waals surface area contributed by atoms with E-state index < -0.39 is 0 Å². The summed E-state index contributed by atoms with van der Waals surface area (Å²) in [6, 6.07) is 1.69.